The van der Waals surface area contributed by atoms with Crippen LogP contribution in [-0.4, -0.2) is 4.98 Å². The Morgan fingerprint density at radius 1 is 1.41 bits per heavy atom. The molecule has 3 rings (SSSR count). The van der Waals surface area contributed by atoms with E-state index in [-0.39, 0.29) is 12.0 Å². The van der Waals surface area contributed by atoms with Crippen LogP contribution in [0.5, 0.6) is 0 Å². The van der Waals surface area contributed by atoms with Crippen LogP contribution in [-0.2, 0) is 6.42 Å². The van der Waals surface area contributed by atoms with Crippen molar-refractivity contribution in [2.75, 3.05) is 0 Å². The van der Waals surface area contributed by atoms with E-state index < -0.39 is 0 Å². The molecule has 3 nitrogen and oxygen atoms in total. The van der Waals surface area contributed by atoms with E-state index in [1.807, 2.05) is 31.3 Å². The molecule has 0 amide bonds. The fourth-order valence-corrected chi connectivity index (χ4v) is 2.62. The lowest BCUT2D eigenvalue weighted by Gasteiger charge is -2.17. The normalized spacial score (nSPS) is 20.2. The zero-order chi connectivity index (χ0) is 11.8. The average molecular weight is 228 g/mol. The molecule has 2 N–H and O–H groups in total. The van der Waals surface area contributed by atoms with Crippen LogP contribution in [0.1, 0.15) is 41.2 Å². The Hall–Kier alpha value is -1.61. The van der Waals surface area contributed by atoms with Gasteiger partial charge in [-0.25, -0.2) is 0 Å². The van der Waals surface area contributed by atoms with Crippen molar-refractivity contribution >= 4 is 0 Å². The molecule has 2 unspecified atom stereocenters. The van der Waals surface area contributed by atoms with Gasteiger partial charge in [0.25, 0.3) is 0 Å². The minimum Gasteiger partial charge on any atom is -0.465 e. The van der Waals surface area contributed by atoms with Crippen LogP contribution < -0.4 is 5.73 Å². The topological polar surface area (TPSA) is 52.0 Å². The molecule has 2 heterocycles. The van der Waals surface area contributed by atoms with Gasteiger partial charge in [-0.05, 0) is 43.5 Å². The van der Waals surface area contributed by atoms with Crippen molar-refractivity contribution in [2.45, 2.75) is 31.7 Å². The summed E-state index contributed by atoms with van der Waals surface area (Å²) in [4.78, 5) is 4.47. The molecule has 3 heteroatoms. The van der Waals surface area contributed by atoms with Gasteiger partial charge >= 0.3 is 0 Å². The van der Waals surface area contributed by atoms with Gasteiger partial charge in [0.15, 0.2) is 0 Å². The van der Waals surface area contributed by atoms with E-state index in [9.17, 15) is 0 Å². The summed E-state index contributed by atoms with van der Waals surface area (Å²) in [5.74, 6) is 2.07. The number of furan rings is 1. The van der Waals surface area contributed by atoms with Gasteiger partial charge in [-0.15, -0.1) is 0 Å². The Kier molecular flexibility index (Phi) is 2.48. The molecule has 88 valence electrons. The number of pyridine rings is 1. The lowest BCUT2D eigenvalue weighted by molar-refractivity contribution is 0.406. The zero-order valence-electron chi connectivity index (χ0n) is 9.89. The second kappa shape index (κ2) is 4.00. The van der Waals surface area contributed by atoms with Crippen molar-refractivity contribution in [3.05, 3.63) is 53.2 Å². The maximum atomic E-state index is 6.29. The summed E-state index contributed by atoms with van der Waals surface area (Å²) in [6.07, 6.45) is 3.98. The summed E-state index contributed by atoms with van der Waals surface area (Å²) in [6, 6.07) is 7.98. The number of fused-ring (bicyclic) bond motifs is 1. The Morgan fingerprint density at radius 3 is 3.06 bits per heavy atom. The maximum Gasteiger partial charge on any atom is 0.121 e. The third kappa shape index (κ3) is 1.76. The highest BCUT2D eigenvalue weighted by Gasteiger charge is 2.31. The van der Waals surface area contributed by atoms with Crippen LogP contribution in [0, 0.1) is 6.92 Å². The molecule has 2 aromatic heterocycles. The fraction of sp³-hybridized carbons (Fsp3) is 0.357. The highest BCUT2D eigenvalue weighted by Crippen LogP contribution is 2.39. The molecular formula is C14H16N2O. The number of hydrogen-bond acceptors (Lipinski definition) is 3. The quantitative estimate of drug-likeness (QED) is 0.859. The number of aryl methyl sites for hydroxylation is 2. The van der Waals surface area contributed by atoms with Crippen molar-refractivity contribution in [3.63, 3.8) is 0 Å². The van der Waals surface area contributed by atoms with Gasteiger partial charge in [0, 0.05) is 17.8 Å². The van der Waals surface area contributed by atoms with E-state index in [0.717, 1.165) is 30.1 Å². The average Bonchev–Trinajstić information content (AvgIpc) is 2.94. The molecule has 0 radical (unpaired) electrons. The minimum absolute atomic E-state index is 0.0835. The molecule has 1 aliphatic rings. The predicted octanol–water partition coefficient (Wildman–Crippen LogP) is 2.71. The number of rotatable bonds is 2. The van der Waals surface area contributed by atoms with Crippen LogP contribution in [0.2, 0.25) is 0 Å². The summed E-state index contributed by atoms with van der Waals surface area (Å²) < 4.78 is 5.62. The van der Waals surface area contributed by atoms with Crippen molar-refractivity contribution < 1.29 is 4.42 Å². The van der Waals surface area contributed by atoms with E-state index in [1.54, 1.807) is 0 Å². The van der Waals surface area contributed by atoms with Crippen molar-refractivity contribution in [1.29, 1.82) is 0 Å². The molecule has 0 aromatic carbocycles. The molecule has 0 spiro atoms. The minimum atomic E-state index is -0.0835. The molecule has 2 atom stereocenters. The van der Waals surface area contributed by atoms with Crippen LogP contribution in [0.3, 0.4) is 0 Å². The smallest absolute Gasteiger partial charge is 0.121 e. The first-order valence-electron chi connectivity index (χ1n) is 6.01. The van der Waals surface area contributed by atoms with E-state index in [4.69, 9.17) is 10.2 Å². The Labute approximate surface area is 101 Å². The molecule has 0 saturated carbocycles. The fourth-order valence-electron chi connectivity index (χ4n) is 2.62. The monoisotopic (exact) mass is 228 g/mol. The summed E-state index contributed by atoms with van der Waals surface area (Å²) in [5.41, 5.74) is 8.77. The third-order valence-corrected chi connectivity index (χ3v) is 3.53. The first-order valence-corrected chi connectivity index (χ1v) is 6.01. The molecule has 0 saturated heterocycles. The highest BCUT2D eigenvalue weighted by atomic mass is 16.3. The standard InChI is InChI=1S/C14H16N2O/c1-9-4-7-12(17-9)13(15)11-6-5-10-3-2-8-16-14(10)11/h2-4,7-8,11,13H,5-6,15H2,1H3. The number of hydrogen-bond donors (Lipinski definition) is 1. The first kappa shape index (κ1) is 10.5. The lowest BCUT2D eigenvalue weighted by Crippen LogP contribution is -2.18. The Morgan fingerprint density at radius 2 is 2.29 bits per heavy atom. The number of nitrogens with zero attached hydrogens (tertiary/aromatic N) is 1. The van der Waals surface area contributed by atoms with Gasteiger partial charge < -0.3 is 10.2 Å². The summed E-state index contributed by atoms with van der Waals surface area (Å²) >= 11 is 0. The molecule has 0 bridgehead atoms. The van der Waals surface area contributed by atoms with Gasteiger partial charge in [0.1, 0.15) is 11.5 Å². The van der Waals surface area contributed by atoms with Gasteiger partial charge in [-0.3, -0.25) is 4.98 Å². The van der Waals surface area contributed by atoms with Crippen LogP contribution in [0.25, 0.3) is 0 Å². The molecule has 0 fully saturated rings. The predicted molar refractivity (Wildman–Crippen MR) is 65.7 cm³/mol. The van der Waals surface area contributed by atoms with Gasteiger partial charge in [0.2, 0.25) is 0 Å². The second-order valence-electron chi connectivity index (χ2n) is 4.67. The molecule has 1 aliphatic carbocycles. The van der Waals surface area contributed by atoms with Crippen LogP contribution in [0.4, 0.5) is 0 Å². The summed E-state index contributed by atoms with van der Waals surface area (Å²) in [5, 5.41) is 0. The highest BCUT2D eigenvalue weighted by molar-refractivity contribution is 5.31. The Balaban J connectivity index is 1.92. The van der Waals surface area contributed by atoms with Crippen LogP contribution in [0.15, 0.2) is 34.9 Å². The Bertz CT molecular complexity index is 533. The molecular weight excluding hydrogens is 212 g/mol. The van der Waals surface area contributed by atoms with E-state index in [1.165, 1.54) is 5.56 Å². The number of nitrogens with two attached hydrogens (primary N) is 1. The lowest BCUT2D eigenvalue weighted by atomic mass is 9.96. The number of aromatic nitrogens is 1. The third-order valence-electron chi connectivity index (χ3n) is 3.53. The van der Waals surface area contributed by atoms with Crippen molar-refractivity contribution in [1.82, 2.24) is 4.98 Å². The molecule has 0 aliphatic heterocycles. The molecule has 2 aromatic rings. The van der Waals surface area contributed by atoms with Crippen molar-refractivity contribution in [2.24, 2.45) is 5.73 Å². The van der Waals surface area contributed by atoms with E-state index in [2.05, 4.69) is 11.1 Å². The maximum absolute atomic E-state index is 6.29. The van der Waals surface area contributed by atoms with E-state index >= 15 is 0 Å². The van der Waals surface area contributed by atoms with Gasteiger partial charge in [0.05, 0.1) is 6.04 Å². The van der Waals surface area contributed by atoms with Gasteiger partial charge in [-0.2, -0.15) is 0 Å². The van der Waals surface area contributed by atoms with E-state index in [0.29, 0.717) is 0 Å². The largest absolute Gasteiger partial charge is 0.465 e. The first-order chi connectivity index (χ1) is 8.25. The summed E-state index contributed by atoms with van der Waals surface area (Å²) in [7, 11) is 0. The zero-order valence-corrected chi connectivity index (χ0v) is 9.89. The second-order valence-corrected chi connectivity index (χ2v) is 4.67. The van der Waals surface area contributed by atoms with Gasteiger partial charge in [-0.1, -0.05) is 6.07 Å². The molecule has 17 heavy (non-hydrogen) atoms. The van der Waals surface area contributed by atoms with Crippen molar-refractivity contribution in [3.8, 4) is 0 Å². The summed E-state index contributed by atoms with van der Waals surface area (Å²) in [6.45, 7) is 1.94. The van der Waals surface area contributed by atoms with Crippen LogP contribution >= 0.6 is 0 Å². The SMILES string of the molecule is Cc1ccc(C(N)C2CCc3cccnc32)o1.